The molecule has 0 saturated heterocycles. The van der Waals surface area contributed by atoms with E-state index in [9.17, 15) is 24.3 Å². The Morgan fingerprint density at radius 2 is 1.47 bits per heavy atom. The van der Waals surface area contributed by atoms with Crippen molar-refractivity contribution in [1.29, 1.82) is 0 Å². The van der Waals surface area contributed by atoms with E-state index in [4.69, 9.17) is 11.5 Å². The molecule has 4 atom stereocenters. The van der Waals surface area contributed by atoms with Gasteiger partial charge < -0.3 is 32.5 Å². The Morgan fingerprint density at radius 1 is 0.900 bits per heavy atom. The lowest BCUT2D eigenvalue weighted by atomic mass is 10.1. The summed E-state index contributed by atoms with van der Waals surface area (Å²) < 4.78 is 0. The van der Waals surface area contributed by atoms with Crippen LogP contribution in [0, 0.1) is 0 Å². The number of carbonyl (C=O) groups excluding carboxylic acids is 3. The van der Waals surface area contributed by atoms with Crippen molar-refractivity contribution in [2.75, 3.05) is 30.1 Å². The van der Waals surface area contributed by atoms with Crippen LogP contribution in [0.3, 0.4) is 0 Å². The first kappa shape index (κ1) is 28.9. The minimum absolute atomic E-state index is 0.0144. The van der Waals surface area contributed by atoms with Gasteiger partial charge in [0.2, 0.25) is 17.7 Å². The van der Waals surface area contributed by atoms with Gasteiger partial charge in [-0.05, 0) is 44.2 Å². The summed E-state index contributed by atoms with van der Waals surface area (Å²) in [6, 6.07) is -3.94. The number of carboxylic acid groups (broad SMARTS) is 1. The third kappa shape index (κ3) is 11.3. The van der Waals surface area contributed by atoms with Gasteiger partial charge in [0, 0.05) is 11.5 Å². The lowest BCUT2D eigenvalue weighted by molar-refractivity contribution is -0.142. The number of thioether (sulfide) groups is 1. The molecule has 0 aliphatic carbocycles. The van der Waals surface area contributed by atoms with E-state index in [0.717, 1.165) is 0 Å². The van der Waals surface area contributed by atoms with Gasteiger partial charge in [-0.15, -0.1) is 0 Å². The Balaban J connectivity index is 5.19. The third-order valence-electron chi connectivity index (χ3n) is 4.15. The van der Waals surface area contributed by atoms with Crippen LogP contribution in [0.25, 0.3) is 0 Å². The van der Waals surface area contributed by atoms with Crippen molar-refractivity contribution in [1.82, 2.24) is 16.0 Å². The fourth-order valence-corrected chi connectivity index (χ4v) is 3.25. The lowest BCUT2D eigenvalue weighted by Gasteiger charge is -2.24. The Kier molecular flexibility index (Phi) is 15.9. The molecule has 174 valence electrons. The molecule has 0 aliphatic heterocycles. The smallest absolute Gasteiger partial charge is 0.326 e. The molecule has 8 N–H and O–H groups in total. The minimum Gasteiger partial charge on any atom is -0.480 e. The second kappa shape index (κ2) is 16.5. The van der Waals surface area contributed by atoms with Gasteiger partial charge in [0.05, 0.1) is 6.04 Å². The maximum absolute atomic E-state index is 12.7. The van der Waals surface area contributed by atoms with Crippen molar-refractivity contribution in [3.63, 3.8) is 0 Å². The molecule has 10 nitrogen and oxygen atoms in total. The monoisotopic (exact) mass is 483 g/mol. The molecule has 0 aromatic heterocycles. The van der Waals surface area contributed by atoms with E-state index in [2.05, 4.69) is 41.2 Å². The SMILES string of the molecule is CSCCC(NC(=O)C(CCCCN)NC(=O)C(CS)NC(=O)C(N)CS)C(=O)O. The number of nitrogens with two attached hydrogens (primary N) is 2. The van der Waals surface area contributed by atoms with Gasteiger partial charge in [-0.3, -0.25) is 14.4 Å². The van der Waals surface area contributed by atoms with Crippen molar-refractivity contribution in [3.05, 3.63) is 0 Å². The van der Waals surface area contributed by atoms with Crippen LogP contribution in [0.2, 0.25) is 0 Å². The van der Waals surface area contributed by atoms with Gasteiger partial charge >= 0.3 is 5.97 Å². The largest absolute Gasteiger partial charge is 0.480 e. The van der Waals surface area contributed by atoms with Crippen LogP contribution < -0.4 is 27.4 Å². The molecule has 0 aromatic carbocycles. The number of carboxylic acids is 1. The van der Waals surface area contributed by atoms with Crippen molar-refractivity contribution in [3.8, 4) is 0 Å². The van der Waals surface area contributed by atoms with Crippen LogP contribution in [0.4, 0.5) is 0 Å². The van der Waals surface area contributed by atoms with E-state index in [-0.39, 0.29) is 24.3 Å². The highest BCUT2D eigenvalue weighted by molar-refractivity contribution is 7.98. The Morgan fingerprint density at radius 3 is 1.97 bits per heavy atom. The summed E-state index contributed by atoms with van der Waals surface area (Å²) >= 11 is 9.48. The predicted octanol–water partition coefficient (Wildman–Crippen LogP) is -1.41. The molecule has 0 rings (SSSR count). The Hall–Kier alpha value is -1.15. The molecule has 0 aliphatic rings. The van der Waals surface area contributed by atoms with Crippen LogP contribution in [-0.4, -0.2) is 83.0 Å². The molecule has 0 aromatic rings. The third-order valence-corrected chi connectivity index (χ3v) is 5.56. The number of amides is 3. The highest BCUT2D eigenvalue weighted by Gasteiger charge is 2.29. The molecule has 0 heterocycles. The molecular weight excluding hydrogens is 450 g/mol. The molecular formula is C17H33N5O5S3. The highest BCUT2D eigenvalue weighted by atomic mass is 32.2. The Labute approximate surface area is 192 Å². The van der Waals surface area contributed by atoms with Crippen molar-refractivity contribution in [2.45, 2.75) is 49.9 Å². The summed E-state index contributed by atoms with van der Waals surface area (Å²) in [5.74, 6) is -2.29. The number of hydrogen-bond acceptors (Lipinski definition) is 9. The van der Waals surface area contributed by atoms with Crippen molar-refractivity contribution < 1.29 is 24.3 Å². The zero-order chi connectivity index (χ0) is 23.1. The number of hydrogen-bond donors (Lipinski definition) is 8. The molecule has 30 heavy (non-hydrogen) atoms. The van der Waals surface area contributed by atoms with Gasteiger partial charge in [0.25, 0.3) is 0 Å². The standard InChI is InChI=1S/C17H33N5O5S3/c1-30-7-5-12(17(26)27)21-15(24)11(4-2-3-6-18)20-16(25)13(9-29)22-14(23)10(19)8-28/h10-13,28-29H,2-9,18-19H2,1H3,(H,20,25)(H,21,24)(H,22,23)(H,26,27). The number of aliphatic carboxylic acids is 1. The van der Waals surface area contributed by atoms with E-state index in [1.165, 1.54) is 11.8 Å². The predicted molar refractivity (Wildman–Crippen MR) is 125 cm³/mol. The number of rotatable bonds is 16. The van der Waals surface area contributed by atoms with E-state index >= 15 is 0 Å². The average Bonchev–Trinajstić information content (AvgIpc) is 2.72. The molecule has 13 heteroatoms. The van der Waals surface area contributed by atoms with Gasteiger partial charge in [-0.2, -0.15) is 37.0 Å². The summed E-state index contributed by atoms with van der Waals surface area (Å²) in [5.41, 5.74) is 11.1. The fourth-order valence-electron chi connectivity index (χ4n) is 2.36. The maximum Gasteiger partial charge on any atom is 0.326 e. The van der Waals surface area contributed by atoms with Gasteiger partial charge in [-0.1, -0.05) is 0 Å². The Bertz CT molecular complexity index is 570. The highest BCUT2D eigenvalue weighted by Crippen LogP contribution is 2.06. The number of unbranched alkanes of at least 4 members (excludes halogenated alkanes) is 1. The quantitative estimate of drug-likeness (QED) is 0.0975. The van der Waals surface area contributed by atoms with Crippen LogP contribution in [-0.2, 0) is 19.2 Å². The first-order valence-corrected chi connectivity index (χ1v) is 12.2. The van der Waals surface area contributed by atoms with E-state index in [0.29, 0.717) is 25.1 Å². The number of carbonyl (C=O) groups is 4. The summed E-state index contributed by atoms with van der Waals surface area (Å²) in [6.07, 6.45) is 3.55. The van der Waals surface area contributed by atoms with Gasteiger partial charge in [0.1, 0.15) is 18.1 Å². The second-order valence-corrected chi connectivity index (χ2v) is 8.28. The van der Waals surface area contributed by atoms with Gasteiger partial charge in [0.15, 0.2) is 0 Å². The fraction of sp³-hybridized carbons (Fsp3) is 0.765. The zero-order valence-electron chi connectivity index (χ0n) is 17.0. The summed E-state index contributed by atoms with van der Waals surface area (Å²) in [5, 5.41) is 16.8. The first-order valence-electron chi connectivity index (χ1n) is 9.51. The molecule has 4 unspecified atom stereocenters. The molecule has 0 saturated carbocycles. The summed E-state index contributed by atoms with van der Waals surface area (Å²) in [6.45, 7) is 0.421. The minimum atomic E-state index is -1.15. The summed E-state index contributed by atoms with van der Waals surface area (Å²) in [4.78, 5) is 48.6. The zero-order valence-corrected chi connectivity index (χ0v) is 19.6. The molecule has 0 fully saturated rings. The van der Waals surface area contributed by atoms with Crippen LogP contribution >= 0.6 is 37.0 Å². The maximum atomic E-state index is 12.7. The van der Waals surface area contributed by atoms with E-state index < -0.39 is 47.9 Å². The van der Waals surface area contributed by atoms with Crippen LogP contribution in [0.1, 0.15) is 25.7 Å². The molecule has 0 bridgehead atoms. The number of nitrogens with one attached hydrogen (secondary N) is 3. The molecule has 3 amide bonds. The normalized spacial score (nSPS) is 14.8. The average molecular weight is 484 g/mol. The number of thiol groups is 2. The van der Waals surface area contributed by atoms with E-state index in [1.807, 2.05) is 6.26 Å². The molecule has 0 radical (unpaired) electrons. The lowest BCUT2D eigenvalue weighted by Crippen LogP contribution is -2.57. The summed E-state index contributed by atoms with van der Waals surface area (Å²) in [7, 11) is 0. The van der Waals surface area contributed by atoms with Crippen molar-refractivity contribution in [2.24, 2.45) is 11.5 Å². The van der Waals surface area contributed by atoms with Crippen LogP contribution in [0.5, 0.6) is 0 Å². The van der Waals surface area contributed by atoms with Crippen molar-refractivity contribution >= 4 is 60.7 Å². The van der Waals surface area contributed by atoms with Gasteiger partial charge in [-0.25, -0.2) is 4.79 Å². The topological polar surface area (TPSA) is 177 Å². The first-order chi connectivity index (χ1) is 14.2. The van der Waals surface area contributed by atoms with E-state index in [1.54, 1.807) is 0 Å². The molecule has 0 spiro atoms. The second-order valence-electron chi connectivity index (χ2n) is 6.56. The van der Waals surface area contributed by atoms with Crippen LogP contribution in [0.15, 0.2) is 0 Å².